The SMILES string of the molecule is COc1ccccc1CC(=O)Nc1ccc2c(c1)-c1ccccc1C2. The molecule has 3 heteroatoms. The topological polar surface area (TPSA) is 38.3 Å². The fraction of sp³-hybridized carbons (Fsp3) is 0.136. The molecule has 0 saturated heterocycles. The van der Waals surface area contributed by atoms with Crippen LogP contribution in [0, 0.1) is 0 Å². The average Bonchev–Trinajstić information content (AvgIpc) is 3.00. The molecule has 0 heterocycles. The van der Waals surface area contributed by atoms with Crippen molar-refractivity contribution in [3.05, 3.63) is 83.4 Å². The normalized spacial score (nSPS) is 11.6. The minimum Gasteiger partial charge on any atom is -0.496 e. The van der Waals surface area contributed by atoms with Gasteiger partial charge < -0.3 is 10.1 Å². The van der Waals surface area contributed by atoms with Gasteiger partial charge in [0.1, 0.15) is 5.75 Å². The molecule has 0 atom stereocenters. The van der Waals surface area contributed by atoms with Crippen LogP contribution in [0.2, 0.25) is 0 Å². The summed E-state index contributed by atoms with van der Waals surface area (Å²) in [6, 6.07) is 22.2. The molecule has 3 nitrogen and oxygen atoms in total. The van der Waals surface area contributed by atoms with Crippen LogP contribution in [-0.2, 0) is 17.6 Å². The average molecular weight is 329 g/mol. The molecular weight excluding hydrogens is 310 g/mol. The van der Waals surface area contributed by atoms with Gasteiger partial charge in [0, 0.05) is 11.3 Å². The Morgan fingerprint density at radius 3 is 2.60 bits per heavy atom. The van der Waals surface area contributed by atoms with E-state index in [1.807, 2.05) is 30.3 Å². The number of hydrogen-bond acceptors (Lipinski definition) is 2. The highest BCUT2D eigenvalue weighted by atomic mass is 16.5. The first-order valence-corrected chi connectivity index (χ1v) is 8.37. The second-order valence-electron chi connectivity index (χ2n) is 6.24. The highest BCUT2D eigenvalue weighted by molar-refractivity contribution is 5.94. The van der Waals surface area contributed by atoms with Crippen LogP contribution in [0.1, 0.15) is 16.7 Å². The Labute approximate surface area is 147 Å². The Kier molecular flexibility index (Phi) is 3.98. The maximum Gasteiger partial charge on any atom is 0.228 e. The van der Waals surface area contributed by atoms with Crippen LogP contribution in [0.5, 0.6) is 5.75 Å². The minimum atomic E-state index is -0.0456. The summed E-state index contributed by atoms with van der Waals surface area (Å²) >= 11 is 0. The van der Waals surface area contributed by atoms with Crippen molar-refractivity contribution < 1.29 is 9.53 Å². The van der Waals surface area contributed by atoms with Crippen molar-refractivity contribution in [2.75, 3.05) is 12.4 Å². The third-order valence-corrected chi connectivity index (χ3v) is 4.63. The van der Waals surface area contributed by atoms with Gasteiger partial charge >= 0.3 is 0 Å². The van der Waals surface area contributed by atoms with Gasteiger partial charge in [-0.25, -0.2) is 0 Å². The molecule has 4 rings (SSSR count). The number of hydrogen-bond donors (Lipinski definition) is 1. The second kappa shape index (κ2) is 6.44. The van der Waals surface area contributed by atoms with Crippen LogP contribution >= 0.6 is 0 Å². The summed E-state index contributed by atoms with van der Waals surface area (Å²) in [6.45, 7) is 0. The number of rotatable bonds is 4. The van der Waals surface area contributed by atoms with E-state index in [0.717, 1.165) is 23.4 Å². The summed E-state index contributed by atoms with van der Waals surface area (Å²) in [5, 5.41) is 3.01. The highest BCUT2D eigenvalue weighted by Crippen LogP contribution is 2.37. The largest absolute Gasteiger partial charge is 0.496 e. The molecule has 0 spiro atoms. The highest BCUT2D eigenvalue weighted by Gasteiger charge is 2.18. The second-order valence-corrected chi connectivity index (χ2v) is 6.24. The van der Waals surface area contributed by atoms with E-state index in [-0.39, 0.29) is 12.3 Å². The molecule has 1 amide bonds. The van der Waals surface area contributed by atoms with E-state index in [2.05, 4.69) is 41.7 Å². The molecule has 3 aromatic rings. The molecule has 1 aliphatic carbocycles. The van der Waals surface area contributed by atoms with E-state index in [1.54, 1.807) is 7.11 Å². The quantitative estimate of drug-likeness (QED) is 0.601. The van der Waals surface area contributed by atoms with Crippen molar-refractivity contribution >= 4 is 11.6 Å². The number of benzene rings is 3. The molecule has 0 aromatic heterocycles. The number of carbonyl (C=O) groups is 1. The first-order valence-electron chi connectivity index (χ1n) is 8.37. The van der Waals surface area contributed by atoms with Gasteiger partial charge in [-0.05, 0) is 46.9 Å². The number of nitrogens with one attached hydrogen (secondary N) is 1. The summed E-state index contributed by atoms with van der Waals surface area (Å²) in [5.41, 5.74) is 6.84. The van der Waals surface area contributed by atoms with Gasteiger partial charge in [-0.2, -0.15) is 0 Å². The lowest BCUT2D eigenvalue weighted by atomic mass is 10.1. The summed E-state index contributed by atoms with van der Waals surface area (Å²) < 4.78 is 5.32. The number of fused-ring (bicyclic) bond motifs is 3. The summed E-state index contributed by atoms with van der Waals surface area (Å²) in [6.07, 6.45) is 1.25. The summed E-state index contributed by atoms with van der Waals surface area (Å²) in [5.74, 6) is 0.691. The minimum absolute atomic E-state index is 0.0456. The van der Waals surface area contributed by atoms with Crippen LogP contribution in [0.4, 0.5) is 5.69 Å². The monoisotopic (exact) mass is 329 g/mol. The van der Waals surface area contributed by atoms with Gasteiger partial charge in [0.05, 0.1) is 13.5 Å². The smallest absolute Gasteiger partial charge is 0.228 e. The Morgan fingerprint density at radius 1 is 0.960 bits per heavy atom. The Bertz CT molecular complexity index is 946. The summed E-state index contributed by atoms with van der Waals surface area (Å²) in [7, 11) is 1.62. The zero-order valence-corrected chi connectivity index (χ0v) is 14.1. The summed E-state index contributed by atoms with van der Waals surface area (Å²) in [4.78, 5) is 12.4. The van der Waals surface area contributed by atoms with E-state index < -0.39 is 0 Å². The zero-order chi connectivity index (χ0) is 17.2. The molecule has 124 valence electrons. The molecule has 0 saturated carbocycles. The molecule has 1 aliphatic rings. The third kappa shape index (κ3) is 3.01. The lowest BCUT2D eigenvalue weighted by Gasteiger charge is -2.10. The first kappa shape index (κ1) is 15.5. The molecule has 0 bridgehead atoms. The standard InChI is InChI=1S/C22H19NO2/c1-25-21-9-5-3-7-17(21)13-22(24)23-18-11-10-16-12-15-6-2-4-8-19(15)20(16)14-18/h2-11,14H,12-13H2,1H3,(H,23,24). The van der Waals surface area contributed by atoms with E-state index in [4.69, 9.17) is 4.74 Å². The van der Waals surface area contributed by atoms with E-state index in [0.29, 0.717) is 0 Å². The number of methoxy groups -OCH3 is 1. The van der Waals surface area contributed by atoms with Crippen molar-refractivity contribution in [2.45, 2.75) is 12.8 Å². The number of anilines is 1. The predicted molar refractivity (Wildman–Crippen MR) is 100 cm³/mol. The first-order chi connectivity index (χ1) is 12.2. The number of amides is 1. The van der Waals surface area contributed by atoms with Crippen molar-refractivity contribution in [1.29, 1.82) is 0 Å². The molecule has 0 aliphatic heterocycles. The van der Waals surface area contributed by atoms with Gasteiger partial charge in [-0.15, -0.1) is 0 Å². The van der Waals surface area contributed by atoms with Crippen molar-refractivity contribution in [3.8, 4) is 16.9 Å². The van der Waals surface area contributed by atoms with Gasteiger partial charge in [0.15, 0.2) is 0 Å². The molecule has 0 radical (unpaired) electrons. The number of ether oxygens (including phenoxy) is 1. The van der Waals surface area contributed by atoms with E-state index in [9.17, 15) is 4.79 Å². The molecule has 0 unspecified atom stereocenters. The molecule has 1 N–H and O–H groups in total. The molecule has 25 heavy (non-hydrogen) atoms. The maximum absolute atomic E-state index is 12.4. The Balaban J connectivity index is 1.54. The molecular formula is C22H19NO2. The van der Waals surface area contributed by atoms with Crippen LogP contribution < -0.4 is 10.1 Å². The predicted octanol–water partition coefficient (Wildman–Crippen LogP) is 4.45. The lowest BCUT2D eigenvalue weighted by molar-refractivity contribution is -0.115. The van der Waals surface area contributed by atoms with E-state index in [1.165, 1.54) is 22.3 Å². The van der Waals surface area contributed by atoms with Crippen molar-refractivity contribution in [2.24, 2.45) is 0 Å². The van der Waals surface area contributed by atoms with Gasteiger partial charge in [0.25, 0.3) is 0 Å². The fourth-order valence-corrected chi connectivity index (χ4v) is 3.43. The molecule has 0 fully saturated rings. The Hall–Kier alpha value is -3.07. The van der Waals surface area contributed by atoms with Gasteiger partial charge in [-0.1, -0.05) is 48.5 Å². The Morgan fingerprint density at radius 2 is 1.72 bits per heavy atom. The number of para-hydroxylation sites is 1. The van der Waals surface area contributed by atoms with Crippen LogP contribution in [-0.4, -0.2) is 13.0 Å². The van der Waals surface area contributed by atoms with E-state index >= 15 is 0 Å². The van der Waals surface area contributed by atoms with Crippen molar-refractivity contribution in [3.63, 3.8) is 0 Å². The maximum atomic E-state index is 12.4. The lowest BCUT2D eigenvalue weighted by Crippen LogP contribution is -2.15. The third-order valence-electron chi connectivity index (χ3n) is 4.63. The van der Waals surface area contributed by atoms with Crippen LogP contribution in [0.15, 0.2) is 66.7 Å². The van der Waals surface area contributed by atoms with Gasteiger partial charge in [0.2, 0.25) is 5.91 Å². The van der Waals surface area contributed by atoms with Crippen molar-refractivity contribution in [1.82, 2.24) is 0 Å². The van der Waals surface area contributed by atoms with Gasteiger partial charge in [-0.3, -0.25) is 4.79 Å². The zero-order valence-electron chi connectivity index (χ0n) is 14.1. The van der Waals surface area contributed by atoms with Crippen LogP contribution in [0.3, 0.4) is 0 Å². The van der Waals surface area contributed by atoms with Crippen LogP contribution in [0.25, 0.3) is 11.1 Å². The fourth-order valence-electron chi connectivity index (χ4n) is 3.43. The molecule has 3 aromatic carbocycles. The number of carbonyl (C=O) groups excluding carboxylic acids is 1.